The minimum Gasteiger partial charge on any atom is -0.386 e. The van der Waals surface area contributed by atoms with E-state index in [2.05, 4.69) is 23.4 Å². The highest BCUT2D eigenvalue weighted by atomic mass is 28.3. The molecule has 0 spiro atoms. The van der Waals surface area contributed by atoms with Crippen LogP contribution in [0.15, 0.2) is 41.3 Å². The van der Waals surface area contributed by atoms with E-state index >= 15 is 0 Å². The smallest absolute Gasteiger partial charge is 0.351 e. The Balaban J connectivity index is 1.97. The van der Waals surface area contributed by atoms with E-state index in [1.165, 1.54) is 10.6 Å². The quantitative estimate of drug-likeness (QED) is 0.279. The minimum atomic E-state index is -1.36. The number of hydrogen-bond acceptors (Lipinski definition) is 8. The minimum absolute atomic E-state index is 0.00616. The molecular weight excluding hydrogens is 504 g/mol. The molecule has 38 heavy (non-hydrogen) atoms. The normalized spacial score (nSPS) is 25.0. The van der Waals surface area contributed by atoms with Crippen LogP contribution in [0.2, 0.25) is 13.1 Å². The van der Waals surface area contributed by atoms with Gasteiger partial charge in [0.2, 0.25) is 0 Å². The summed E-state index contributed by atoms with van der Waals surface area (Å²) in [6.45, 7) is 17.8. The summed E-state index contributed by atoms with van der Waals surface area (Å²) in [6, 6.07) is 7.67. The van der Waals surface area contributed by atoms with Gasteiger partial charge in [-0.05, 0) is 39.2 Å². The molecule has 2 heterocycles. The molecule has 0 aliphatic carbocycles. The Bertz CT molecular complexity index is 1220. The lowest BCUT2D eigenvalue weighted by Crippen LogP contribution is -2.53. The average Bonchev–Trinajstić information content (AvgIpc) is 3.12. The molecule has 0 bridgehead atoms. The predicted octanol–water partition coefficient (Wildman–Crippen LogP) is 4.65. The van der Waals surface area contributed by atoms with E-state index in [-0.39, 0.29) is 18.7 Å². The van der Waals surface area contributed by atoms with E-state index < -0.39 is 53.5 Å². The van der Waals surface area contributed by atoms with Gasteiger partial charge in [0.15, 0.2) is 0 Å². The van der Waals surface area contributed by atoms with Crippen LogP contribution in [0.3, 0.4) is 0 Å². The van der Waals surface area contributed by atoms with E-state index in [1.54, 1.807) is 37.4 Å². The monoisotopic (exact) mass is 545 g/mol. The van der Waals surface area contributed by atoms with Crippen LogP contribution in [-0.4, -0.2) is 52.3 Å². The zero-order chi connectivity index (χ0) is 28.7. The number of aliphatic hydroxyl groups is 1. The van der Waals surface area contributed by atoms with Crippen molar-refractivity contribution in [1.82, 2.24) is 9.55 Å². The van der Waals surface area contributed by atoms with Gasteiger partial charge in [-0.15, -0.1) is 0 Å². The van der Waals surface area contributed by atoms with Gasteiger partial charge in [0.25, 0.3) is 5.69 Å². The maximum Gasteiger partial charge on any atom is 0.351 e. The van der Waals surface area contributed by atoms with Crippen LogP contribution in [0.1, 0.15) is 66.5 Å². The Labute approximate surface area is 226 Å². The van der Waals surface area contributed by atoms with Crippen LogP contribution in [0.4, 0.5) is 11.5 Å². The van der Waals surface area contributed by atoms with E-state index in [0.29, 0.717) is 11.4 Å². The van der Waals surface area contributed by atoms with Gasteiger partial charge in [0, 0.05) is 18.7 Å². The molecule has 1 aromatic carbocycles. The van der Waals surface area contributed by atoms with Gasteiger partial charge in [-0.25, -0.2) is 4.79 Å². The van der Waals surface area contributed by atoms with Gasteiger partial charge in [0.05, 0.1) is 28.7 Å². The van der Waals surface area contributed by atoms with Gasteiger partial charge in [-0.1, -0.05) is 52.1 Å². The molecule has 0 saturated carbocycles. The molecule has 1 unspecified atom stereocenters. The Morgan fingerprint density at radius 2 is 1.89 bits per heavy atom. The van der Waals surface area contributed by atoms with Crippen molar-refractivity contribution in [2.75, 3.05) is 11.9 Å². The molecule has 1 saturated heterocycles. The molecule has 1 radical (unpaired) electrons. The average molecular weight is 546 g/mol. The van der Waals surface area contributed by atoms with Crippen LogP contribution in [0.25, 0.3) is 0 Å². The van der Waals surface area contributed by atoms with Gasteiger partial charge < -0.3 is 19.9 Å². The van der Waals surface area contributed by atoms with E-state index in [4.69, 9.17) is 9.47 Å². The lowest BCUT2D eigenvalue weighted by atomic mass is 9.72. The van der Waals surface area contributed by atoms with Gasteiger partial charge in [0.1, 0.15) is 31.7 Å². The molecule has 1 aliphatic rings. The van der Waals surface area contributed by atoms with Crippen LogP contribution in [0, 0.1) is 15.5 Å². The molecule has 3 rings (SSSR count). The third kappa shape index (κ3) is 5.85. The Morgan fingerprint density at radius 3 is 2.42 bits per heavy atom. The number of nitro benzene ring substituents is 1. The molecule has 1 aliphatic heterocycles. The van der Waals surface area contributed by atoms with Crippen LogP contribution < -0.4 is 11.0 Å². The Morgan fingerprint density at radius 1 is 1.26 bits per heavy atom. The van der Waals surface area contributed by atoms with Gasteiger partial charge in [-0.3, -0.25) is 14.7 Å². The standard InChI is InChI=1S/C27H41N4O6Si/c1-18(19-12-10-11-13-20(19)31(34)35)28-22-14-15-30(23(32)29-22)27(38(8)9)17-26(33,24(2,3)4)21(37-27)16-36-25(5,6)7/h10-15,18,21,33H,16-17H2,1-9H3,(H,28,29,32)/t18?,21-,26+,27+/m1/s1. The lowest BCUT2D eigenvalue weighted by Gasteiger charge is -2.41. The van der Waals surface area contributed by atoms with Crippen molar-refractivity contribution < 1.29 is 19.5 Å². The van der Waals surface area contributed by atoms with Crippen molar-refractivity contribution in [2.45, 2.75) is 96.7 Å². The largest absolute Gasteiger partial charge is 0.386 e. The highest BCUT2D eigenvalue weighted by Gasteiger charge is 2.62. The number of nitrogens with zero attached hydrogens (tertiary/aromatic N) is 3. The molecule has 2 aromatic rings. The number of aromatic nitrogens is 2. The Hall–Kier alpha value is -2.60. The topological polar surface area (TPSA) is 129 Å². The van der Waals surface area contributed by atoms with Gasteiger partial charge >= 0.3 is 5.69 Å². The van der Waals surface area contributed by atoms with E-state index in [1.807, 2.05) is 41.5 Å². The summed E-state index contributed by atoms with van der Waals surface area (Å²) >= 11 is 0. The van der Waals surface area contributed by atoms with Crippen molar-refractivity contribution in [3.05, 3.63) is 62.7 Å². The van der Waals surface area contributed by atoms with Crippen molar-refractivity contribution in [3.63, 3.8) is 0 Å². The van der Waals surface area contributed by atoms with Crippen LogP contribution >= 0.6 is 0 Å². The molecule has 10 nitrogen and oxygen atoms in total. The second kappa shape index (κ2) is 10.5. The van der Waals surface area contributed by atoms with Crippen molar-refractivity contribution in [1.29, 1.82) is 0 Å². The van der Waals surface area contributed by atoms with Gasteiger partial charge in [-0.2, -0.15) is 4.98 Å². The van der Waals surface area contributed by atoms with E-state index in [0.717, 1.165) is 0 Å². The second-order valence-corrected chi connectivity index (χ2v) is 15.1. The van der Waals surface area contributed by atoms with Crippen molar-refractivity contribution in [3.8, 4) is 0 Å². The summed E-state index contributed by atoms with van der Waals surface area (Å²) in [5.41, 5.74) is -2.26. The first-order chi connectivity index (χ1) is 17.4. The predicted molar refractivity (Wildman–Crippen MR) is 149 cm³/mol. The summed E-state index contributed by atoms with van der Waals surface area (Å²) in [7, 11) is -1.36. The first kappa shape index (κ1) is 29.9. The number of para-hydroxylation sites is 1. The molecule has 209 valence electrons. The lowest BCUT2D eigenvalue weighted by molar-refractivity contribution is -0.385. The summed E-state index contributed by atoms with van der Waals surface area (Å²) in [6.07, 6.45) is 1.21. The highest BCUT2D eigenvalue weighted by Crippen LogP contribution is 2.51. The molecular formula is C27H41N4O6Si. The fourth-order valence-corrected chi connectivity index (χ4v) is 6.51. The molecule has 4 atom stereocenters. The first-order valence-corrected chi connectivity index (χ1v) is 15.4. The highest BCUT2D eigenvalue weighted by molar-refractivity contribution is 6.58. The number of rotatable bonds is 8. The molecule has 1 fully saturated rings. The maximum absolute atomic E-state index is 13.4. The number of benzene rings is 1. The maximum atomic E-state index is 13.4. The molecule has 2 N–H and O–H groups in total. The molecule has 11 heteroatoms. The third-order valence-corrected chi connectivity index (χ3v) is 9.38. The molecule has 0 amide bonds. The summed E-state index contributed by atoms with van der Waals surface area (Å²) in [4.78, 5) is 28.7. The summed E-state index contributed by atoms with van der Waals surface area (Å²) in [5.74, 6) is 0.296. The zero-order valence-corrected chi connectivity index (χ0v) is 24.9. The summed E-state index contributed by atoms with van der Waals surface area (Å²) in [5, 5.41) is 25.5. The molecule has 1 aromatic heterocycles. The van der Waals surface area contributed by atoms with E-state index in [9.17, 15) is 20.0 Å². The number of anilines is 1. The second-order valence-electron chi connectivity index (χ2n) is 12.3. The zero-order valence-electron chi connectivity index (χ0n) is 23.9. The number of hydrogen-bond donors (Lipinski definition) is 2. The fraction of sp³-hybridized carbons (Fsp3) is 0.630. The van der Waals surface area contributed by atoms with Crippen LogP contribution in [0.5, 0.6) is 0 Å². The fourth-order valence-electron chi connectivity index (χ4n) is 4.85. The Kier molecular flexibility index (Phi) is 8.29. The van der Waals surface area contributed by atoms with Crippen LogP contribution in [-0.2, 0) is 14.8 Å². The van der Waals surface area contributed by atoms with Crippen molar-refractivity contribution >= 4 is 20.3 Å². The number of nitrogens with one attached hydrogen (secondary N) is 1. The number of nitro groups is 1. The SMILES string of the molecule is CC(Nc1ccn([C@@]2([Si](C)C)C[C@@](O)(C(C)(C)C)[C@@H](COC(C)(C)C)O2)c(=O)n1)c1ccccc1[N+](=O)[O-]. The third-order valence-electron chi connectivity index (χ3n) is 7.28. The van der Waals surface area contributed by atoms with Crippen molar-refractivity contribution in [2.24, 2.45) is 5.41 Å². The summed E-state index contributed by atoms with van der Waals surface area (Å²) < 4.78 is 14.2. The number of ether oxygens (including phenoxy) is 2. The first-order valence-electron chi connectivity index (χ1n) is 12.9.